The molecular weight excluding hydrogens is 301 g/mol. The Morgan fingerprint density at radius 2 is 2.11 bits per heavy atom. The van der Waals surface area contributed by atoms with Gasteiger partial charge in [0.05, 0.1) is 16.0 Å². The summed E-state index contributed by atoms with van der Waals surface area (Å²) >= 11 is 13.6. The number of halogens is 2. The van der Waals surface area contributed by atoms with Gasteiger partial charge in [0.2, 0.25) is 0 Å². The fraction of sp³-hybridized carbons (Fsp3) is 0.286. The van der Waals surface area contributed by atoms with Crippen LogP contribution in [-0.4, -0.2) is 6.61 Å². The second kappa shape index (κ2) is 6.51. The van der Waals surface area contributed by atoms with E-state index in [-0.39, 0.29) is 6.04 Å². The molecule has 0 bridgehead atoms. The summed E-state index contributed by atoms with van der Waals surface area (Å²) in [6.45, 7) is 4.63. The van der Waals surface area contributed by atoms with Gasteiger partial charge in [0, 0.05) is 11.7 Å². The topological polar surface area (TPSA) is 21.3 Å². The fourth-order valence-corrected chi connectivity index (χ4v) is 2.97. The van der Waals surface area contributed by atoms with E-state index < -0.39 is 0 Å². The highest BCUT2D eigenvalue weighted by molar-refractivity contribution is 7.14. The highest BCUT2D eigenvalue weighted by atomic mass is 35.5. The number of rotatable bonds is 5. The SMILES string of the molecule is CCOc1ccc(NC(C)c2csc(Cl)c2)cc1Cl. The first kappa shape index (κ1) is 14.5. The Bertz CT molecular complexity index is 556. The van der Waals surface area contributed by atoms with E-state index in [0.717, 1.165) is 10.0 Å². The van der Waals surface area contributed by atoms with Gasteiger partial charge < -0.3 is 10.1 Å². The van der Waals surface area contributed by atoms with Gasteiger partial charge in [0.1, 0.15) is 5.75 Å². The summed E-state index contributed by atoms with van der Waals surface area (Å²) in [7, 11) is 0. The molecule has 0 radical (unpaired) electrons. The van der Waals surface area contributed by atoms with Gasteiger partial charge in [-0.3, -0.25) is 0 Å². The number of ether oxygens (including phenoxy) is 1. The Morgan fingerprint density at radius 3 is 2.68 bits per heavy atom. The Labute approximate surface area is 127 Å². The predicted octanol–water partition coefficient (Wildman–Crippen LogP) is 5.63. The molecule has 102 valence electrons. The highest BCUT2D eigenvalue weighted by Gasteiger charge is 2.09. The predicted molar refractivity (Wildman–Crippen MR) is 84.0 cm³/mol. The van der Waals surface area contributed by atoms with Crippen LogP contribution in [0, 0.1) is 0 Å². The summed E-state index contributed by atoms with van der Waals surface area (Å²) in [5, 5.41) is 6.05. The molecule has 0 aliphatic carbocycles. The normalized spacial score (nSPS) is 12.2. The molecular formula is C14H15Cl2NOS. The first-order valence-electron chi connectivity index (χ1n) is 6.03. The molecule has 0 fully saturated rings. The van der Waals surface area contributed by atoms with Crippen LogP contribution in [0.25, 0.3) is 0 Å². The number of benzene rings is 1. The summed E-state index contributed by atoms with van der Waals surface area (Å²) in [6.07, 6.45) is 0. The molecule has 0 amide bonds. The van der Waals surface area contributed by atoms with Crippen LogP contribution in [0.1, 0.15) is 25.5 Å². The minimum Gasteiger partial charge on any atom is -0.492 e. The minimum absolute atomic E-state index is 0.178. The van der Waals surface area contributed by atoms with Gasteiger partial charge in [0.25, 0.3) is 0 Å². The van der Waals surface area contributed by atoms with Gasteiger partial charge in [0.15, 0.2) is 0 Å². The molecule has 1 N–H and O–H groups in total. The molecule has 2 rings (SSSR count). The van der Waals surface area contributed by atoms with Crippen LogP contribution in [-0.2, 0) is 0 Å². The monoisotopic (exact) mass is 315 g/mol. The average molecular weight is 316 g/mol. The van der Waals surface area contributed by atoms with Gasteiger partial charge in [-0.2, -0.15) is 0 Å². The molecule has 0 saturated carbocycles. The third-order valence-electron chi connectivity index (χ3n) is 2.70. The molecule has 0 spiro atoms. The smallest absolute Gasteiger partial charge is 0.138 e. The maximum Gasteiger partial charge on any atom is 0.138 e. The third-order valence-corrected chi connectivity index (χ3v) is 4.11. The van der Waals surface area contributed by atoms with Crippen molar-refractivity contribution in [1.82, 2.24) is 0 Å². The van der Waals surface area contributed by atoms with Gasteiger partial charge in [-0.05, 0) is 49.1 Å². The van der Waals surface area contributed by atoms with Crippen molar-refractivity contribution in [2.45, 2.75) is 19.9 Å². The van der Waals surface area contributed by atoms with Crippen molar-refractivity contribution < 1.29 is 4.74 Å². The van der Waals surface area contributed by atoms with Gasteiger partial charge in [-0.1, -0.05) is 23.2 Å². The van der Waals surface area contributed by atoms with E-state index in [9.17, 15) is 0 Å². The van der Waals surface area contributed by atoms with Crippen molar-refractivity contribution in [2.24, 2.45) is 0 Å². The first-order chi connectivity index (χ1) is 9.10. The van der Waals surface area contributed by atoms with E-state index in [1.54, 1.807) is 0 Å². The fourth-order valence-electron chi connectivity index (χ4n) is 1.75. The van der Waals surface area contributed by atoms with Crippen molar-refractivity contribution in [1.29, 1.82) is 0 Å². The summed E-state index contributed by atoms with van der Waals surface area (Å²) in [6, 6.07) is 7.86. The zero-order valence-electron chi connectivity index (χ0n) is 10.7. The lowest BCUT2D eigenvalue weighted by Gasteiger charge is -2.15. The van der Waals surface area contributed by atoms with Crippen LogP contribution in [0.3, 0.4) is 0 Å². The molecule has 1 atom stereocenters. The molecule has 2 aromatic rings. The van der Waals surface area contributed by atoms with Crippen LogP contribution in [0.15, 0.2) is 29.6 Å². The van der Waals surface area contributed by atoms with E-state index in [0.29, 0.717) is 17.4 Å². The van der Waals surface area contributed by atoms with Crippen molar-refractivity contribution >= 4 is 40.2 Å². The Hall–Kier alpha value is -0.900. The lowest BCUT2D eigenvalue weighted by atomic mass is 10.1. The maximum absolute atomic E-state index is 6.16. The largest absolute Gasteiger partial charge is 0.492 e. The summed E-state index contributed by atoms with van der Waals surface area (Å²) < 4.78 is 6.21. The molecule has 2 nitrogen and oxygen atoms in total. The summed E-state index contributed by atoms with van der Waals surface area (Å²) in [5.74, 6) is 0.709. The molecule has 0 aliphatic heterocycles. The number of hydrogen-bond acceptors (Lipinski definition) is 3. The number of nitrogens with one attached hydrogen (secondary N) is 1. The standard InChI is InChI=1S/C14H15Cl2NOS/c1-3-18-13-5-4-11(7-12(13)15)17-9(2)10-6-14(16)19-8-10/h4-9,17H,3H2,1-2H3. The molecule has 0 saturated heterocycles. The maximum atomic E-state index is 6.16. The molecule has 19 heavy (non-hydrogen) atoms. The highest BCUT2D eigenvalue weighted by Crippen LogP contribution is 2.31. The van der Waals surface area contributed by atoms with E-state index >= 15 is 0 Å². The van der Waals surface area contributed by atoms with Crippen molar-refractivity contribution in [2.75, 3.05) is 11.9 Å². The molecule has 1 unspecified atom stereocenters. The minimum atomic E-state index is 0.178. The quantitative estimate of drug-likeness (QED) is 0.772. The zero-order valence-corrected chi connectivity index (χ0v) is 13.1. The molecule has 1 heterocycles. The number of thiophene rings is 1. The molecule has 1 aromatic carbocycles. The molecule has 0 aliphatic rings. The van der Waals surface area contributed by atoms with Gasteiger partial charge in [-0.25, -0.2) is 0 Å². The van der Waals surface area contributed by atoms with Gasteiger partial charge in [-0.15, -0.1) is 11.3 Å². The molecule has 5 heteroatoms. The zero-order chi connectivity index (χ0) is 13.8. The van der Waals surface area contributed by atoms with Crippen LogP contribution in [0.2, 0.25) is 9.36 Å². The Kier molecular flexibility index (Phi) is 4.97. The van der Waals surface area contributed by atoms with E-state index in [1.807, 2.05) is 31.2 Å². The molecule has 1 aromatic heterocycles. The Morgan fingerprint density at radius 1 is 1.32 bits per heavy atom. The third kappa shape index (κ3) is 3.78. The Balaban J connectivity index is 2.09. The lowest BCUT2D eigenvalue weighted by molar-refractivity contribution is 0.340. The second-order valence-corrected chi connectivity index (χ2v) is 6.08. The van der Waals surface area contributed by atoms with Crippen LogP contribution in [0.5, 0.6) is 5.75 Å². The summed E-state index contributed by atoms with van der Waals surface area (Å²) in [4.78, 5) is 0. The van der Waals surface area contributed by atoms with Crippen molar-refractivity contribution in [3.05, 3.63) is 44.6 Å². The number of anilines is 1. The second-order valence-electron chi connectivity index (χ2n) is 4.13. The van der Waals surface area contributed by atoms with Crippen LogP contribution >= 0.6 is 34.5 Å². The number of hydrogen-bond donors (Lipinski definition) is 1. The van der Waals surface area contributed by atoms with Gasteiger partial charge >= 0.3 is 0 Å². The lowest BCUT2D eigenvalue weighted by Crippen LogP contribution is -2.05. The van der Waals surface area contributed by atoms with E-state index in [1.165, 1.54) is 16.9 Å². The van der Waals surface area contributed by atoms with Crippen LogP contribution < -0.4 is 10.1 Å². The summed E-state index contributed by atoms with van der Waals surface area (Å²) in [5.41, 5.74) is 2.13. The van der Waals surface area contributed by atoms with E-state index in [2.05, 4.69) is 17.6 Å². The average Bonchev–Trinajstić information content (AvgIpc) is 2.80. The van der Waals surface area contributed by atoms with Crippen LogP contribution in [0.4, 0.5) is 5.69 Å². The van der Waals surface area contributed by atoms with E-state index in [4.69, 9.17) is 27.9 Å². The van der Waals surface area contributed by atoms with Crippen molar-refractivity contribution in [3.8, 4) is 5.75 Å². The van der Waals surface area contributed by atoms with Crippen molar-refractivity contribution in [3.63, 3.8) is 0 Å². The first-order valence-corrected chi connectivity index (χ1v) is 7.66.